The largest absolute Gasteiger partial charge is 0.293 e. The molecule has 4 rings (SSSR count). The number of benzene rings is 2. The second-order valence-electron chi connectivity index (χ2n) is 8.37. The molecule has 0 aliphatic carbocycles. The normalized spacial score (nSPS) is 11.7. The summed E-state index contributed by atoms with van der Waals surface area (Å²) in [4.78, 5) is 17.7. The minimum atomic E-state index is -0.118. The van der Waals surface area contributed by atoms with Crippen LogP contribution in [-0.2, 0) is 5.41 Å². The highest BCUT2D eigenvalue weighted by Gasteiger charge is 2.22. The van der Waals surface area contributed by atoms with E-state index < -0.39 is 0 Å². The van der Waals surface area contributed by atoms with Gasteiger partial charge in [-0.1, -0.05) is 93.2 Å². The van der Waals surface area contributed by atoms with Crippen LogP contribution in [0.25, 0.3) is 16.8 Å². The second-order valence-corrected chi connectivity index (χ2v) is 9.36. The van der Waals surface area contributed by atoms with Crippen LogP contribution in [0.4, 0.5) is 0 Å². The number of ketones is 1. The Labute approximate surface area is 181 Å². The molecule has 0 spiro atoms. The zero-order valence-electron chi connectivity index (χ0n) is 17.7. The maximum absolute atomic E-state index is 12.7. The van der Waals surface area contributed by atoms with Gasteiger partial charge < -0.3 is 0 Å². The number of aryl methyl sites for hydroxylation is 1. The molecule has 0 radical (unpaired) electrons. The number of nitrogens with zero attached hydrogens (tertiary/aromatic N) is 3. The molecule has 0 saturated heterocycles. The van der Waals surface area contributed by atoms with E-state index in [2.05, 4.69) is 39.0 Å². The molecule has 4 aromatic rings. The lowest BCUT2D eigenvalue weighted by Crippen LogP contribution is -2.15. The van der Waals surface area contributed by atoms with Crippen molar-refractivity contribution in [2.24, 2.45) is 0 Å². The maximum atomic E-state index is 12.7. The Morgan fingerprint density at radius 3 is 2.27 bits per heavy atom. The number of thioether (sulfide) groups is 1. The Balaban J connectivity index is 1.80. The summed E-state index contributed by atoms with van der Waals surface area (Å²) in [5.74, 6) is 0.460. The average molecular weight is 416 g/mol. The number of fused-ring (bicyclic) bond motifs is 1. The van der Waals surface area contributed by atoms with Crippen LogP contribution in [0.1, 0.15) is 42.5 Å². The summed E-state index contributed by atoms with van der Waals surface area (Å²) < 4.78 is 1.88. The molecule has 0 amide bonds. The van der Waals surface area contributed by atoms with E-state index in [-0.39, 0.29) is 11.2 Å². The number of aromatic nitrogens is 3. The highest BCUT2D eigenvalue weighted by atomic mass is 32.2. The molecular formula is C25H25N3OS. The van der Waals surface area contributed by atoms with Gasteiger partial charge in [-0.3, -0.25) is 4.79 Å². The molecule has 0 atom stereocenters. The first-order valence-electron chi connectivity index (χ1n) is 10.0. The molecule has 0 aliphatic heterocycles. The highest BCUT2D eigenvalue weighted by Crippen LogP contribution is 2.33. The number of hydrogen-bond acceptors (Lipinski definition) is 4. The quantitative estimate of drug-likeness (QED) is 0.229. The molecule has 0 fully saturated rings. The zero-order chi connectivity index (χ0) is 21.3. The number of carbonyl (C=O) groups excluding carboxylic acids is 1. The number of Topliss-reactive ketones (excluding diaryl/α,β-unsaturated/α-hetero) is 1. The molecular weight excluding hydrogens is 390 g/mol. The first-order valence-corrected chi connectivity index (χ1v) is 11.0. The molecule has 0 N–H and O–H groups in total. The Morgan fingerprint density at radius 1 is 1.00 bits per heavy atom. The van der Waals surface area contributed by atoms with Gasteiger partial charge in [-0.2, -0.15) is 5.10 Å². The standard InChI is InChI=1S/C25H25N3OS/c1-17-23(19-13-9-6-10-14-19)24-26-21(25(2,3)4)15-22(28(24)27-17)30-16-20(29)18-11-7-5-8-12-18/h5-15H,16H2,1-4H3. The van der Waals surface area contributed by atoms with E-state index in [9.17, 15) is 4.79 Å². The van der Waals surface area contributed by atoms with E-state index in [1.807, 2.05) is 60.0 Å². The zero-order valence-corrected chi connectivity index (χ0v) is 18.5. The van der Waals surface area contributed by atoms with Crippen molar-refractivity contribution in [3.05, 3.63) is 83.7 Å². The lowest BCUT2D eigenvalue weighted by Gasteiger charge is -2.19. The van der Waals surface area contributed by atoms with Crippen molar-refractivity contribution >= 4 is 23.2 Å². The fourth-order valence-corrected chi connectivity index (χ4v) is 4.26. The third-order valence-electron chi connectivity index (χ3n) is 5.01. The number of hydrogen-bond donors (Lipinski definition) is 0. The van der Waals surface area contributed by atoms with Crippen molar-refractivity contribution in [1.82, 2.24) is 14.6 Å². The van der Waals surface area contributed by atoms with E-state index in [0.29, 0.717) is 5.75 Å². The van der Waals surface area contributed by atoms with Crippen molar-refractivity contribution in [2.75, 3.05) is 5.75 Å². The van der Waals surface area contributed by atoms with Crippen molar-refractivity contribution in [3.63, 3.8) is 0 Å². The highest BCUT2D eigenvalue weighted by molar-refractivity contribution is 7.99. The van der Waals surface area contributed by atoms with Gasteiger partial charge in [0.15, 0.2) is 11.4 Å². The van der Waals surface area contributed by atoms with Gasteiger partial charge in [-0.25, -0.2) is 9.50 Å². The van der Waals surface area contributed by atoms with Crippen molar-refractivity contribution in [2.45, 2.75) is 38.1 Å². The summed E-state index contributed by atoms with van der Waals surface area (Å²) in [7, 11) is 0. The van der Waals surface area contributed by atoms with Gasteiger partial charge in [0.05, 0.1) is 17.1 Å². The summed E-state index contributed by atoms with van der Waals surface area (Å²) in [6.07, 6.45) is 0. The molecule has 0 bridgehead atoms. The van der Waals surface area contributed by atoms with E-state index in [0.717, 1.165) is 38.8 Å². The van der Waals surface area contributed by atoms with Gasteiger partial charge in [0.25, 0.3) is 0 Å². The molecule has 4 nitrogen and oxygen atoms in total. The van der Waals surface area contributed by atoms with Gasteiger partial charge in [0.1, 0.15) is 5.03 Å². The van der Waals surface area contributed by atoms with E-state index in [4.69, 9.17) is 10.1 Å². The molecule has 2 heterocycles. The fraction of sp³-hybridized carbons (Fsp3) is 0.240. The van der Waals surface area contributed by atoms with Crippen LogP contribution < -0.4 is 0 Å². The third-order valence-corrected chi connectivity index (χ3v) is 6.00. The first-order chi connectivity index (χ1) is 14.3. The van der Waals surface area contributed by atoms with Crippen LogP contribution in [0, 0.1) is 6.92 Å². The molecule has 2 aromatic heterocycles. The van der Waals surface area contributed by atoms with Crippen molar-refractivity contribution in [1.29, 1.82) is 0 Å². The van der Waals surface area contributed by atoms with Gasteiger partial charge >= 0.3 is 0 Å². The Hall–Kier alpha value is -2.92. The van der Waals surface area contributed by atoms with Crippen LogP contribution in [-0.4, -0.2) is 26.1 Å². The third kappa shape index (κ3) is 4.03. The predicted octanol–water partition coefficient (Wildman–Crippen LogP) is 5.98. The van der Waals surface area contributed by atoms with Crippen LogP contribution >= 0.6 is 11.8 Å². The van der Waals surface area contributed by atoms with Gasteiger partial charge in [-0.05, 0) is 18.6 Å². The van der Waals surface area contributed by atoms with Gasteiger partial charge in [-0.15, -0.1) is 0 Å². The van der Waals surface area contributed by atoms with E-state index in [1.54, 1.807) is 0 Å². The van der Waals surface area contributed by atoms with Crippen molar-refractivity contribution in [3.8, 4) is 11.1 Å². The van der Waals surface area contributed by atoms with Crippen molar-refractivity contribution < 1.29 is 4.79 Å². The summed E-state index contributed by atoms with van der Waals surface area (Å²) in [5, 5.41) is 5.72. The SMILES string of the molecule is Cc1nn2c(SCC(=O)c3ccccc3)cc(C(C)(C)C)nc2c1-c1ccccc1. The van der Waals surface area contributed by atoms with Crippen LogP contribution in [0.2, 0.25) is 0 Å². The summed E-state index contributed by atoms with van der Waals surface area (Å²) >= 11 is 1.51. The monoisotopic (exact) mass is 415 g/mol. The smallest absolute Gasteiger partial charge is 0.173 e. The van der Waals surface area contributed by atoms with Gasteiger partial charge in [0.2, 0.25) is 0 Å². The second kappa shape index (κ2) is 8.07. The number of carbonyl (C=O) groups is 1. The van der Waals surface area contributed by atoms with Crippen LogP contribution in [0.15, 0.2) is 71.8 Å². The summed E-state index contributed by atoms with van der Waals surface area (Å²) in [5.41, 5.74) is 5.50. The summed E-state index contributed by atoms with van der Waals surface area (Å²) in [6, 6.07) is 21.7. The minimum absolute atomic E-state index is 0.107. The molecule has 0 saturated carbocycles. The van der Waals surface area contributed by atoms with E-state index in [1.165, 1.54) is 11.8 Å². The molecule has 5 heteroatoms. The van der Waals surface area contributed by atoms with Gasteiger partial charge in [0, 0.05) is 16.5 Å². The topological polar surface area (TPSA) is 47.3 Å². The predicted molar refractivity (Wildman–Crippen MR) is 123 cm³/mol. The Bertz CT molecular complexity index is 1190. The number of rotatable bonds is 5. The minimum Gasteiger partial charge on any atom is -0.293 e. The van der Waals surface area contributed by atoms with Crippen LogP contribution in [0.5, 0.6) is 0 Å². The molecule has 0 unspecified atom stereocenters. The summed E-state index contributed by atoms with van der Waals surface area (Å²) in [6.45, 7) is 8.47. The Kier molecular flexibility index (Phi) is 5.48. The lowest BCUT2D eigenvalue weighted by molar-refractivity contribution is 0.102. The fourth-order valence-electron chi connectivity index (χ4n) is 3.37. The molecule has 0 aliphatic rings. The molecule has 30 heavy (non-hydrogen) atoms. The lowest BCUT2D eigenvalue weighted by atomic mass is 9.92. The van der Waals surface area contributed by atoms with Crippen LogP contribution in [0.3, 0.4) is 0 Å². The van der Waals surface area contributed by atoms with E-state index >= 15 is 0 Å². The average Bonchev–Trinajstić information content (AvgIpc) is 3.08. The first kappa shape index (κ1) is 20.4. The molecule has 2 aromatic carbocycles. The Morgan fingerprint density at radius 2 is 1.63 bits per heavy atom. The molecule has 152 valence electrons. The maximum Gasteiger partial charge on any atom is 0.173 e.